The number of carbonyl (C=O) groups excluding carboxylic acids is 1. The molecule has 0 saturated heterocycles. The van der Waals surface area contributed by atoms with Crippen molar-refractivity contribution in [3.8, 4) is 17.9 Å². The normalized spacial score (nSPS) is 13.7. The minimum Gasteiger partial charge on any atom is -0.477 e. The molecule has 1 aliphatic heterocycles. The van der Waals surface area contributed by atoms with Crippen molar-refractivity contribution in [1.82, 2.24) is 10.0 Å². The molecular formula is C27H23N3O4S3. The summed E-state index contributed by atoms with van der Waals surface area (Å²) in [7, 11) is 0. The quantitative estimate of drug-likeness (QED) is 0.355. The van der Waals surface area contributed by atoms with Crippen LogP contribution in [0.4, 0.5) is 4.79 Å². The molecule has 3 aromatic rings. The van der Waals surface area contributed by atoms with Gasteiger partial charge in [0, 0.05) is 46.9 Å². The van der Waals surface area contributed by atoms with Gasteiger partial charge in [-0.2, -0.15) is 5.26 Å². The summed E-state index contributed by atoms with van der Waals surface area (Å²) in [5.41, 5.74) is 3.05. The number of nitriles is 1. The van der Waals surface area contributed by atoms with Crippen molar-refractivity contribution in [1.29, 1.82) is 5.26 Å². The maximum Gasteiger partial charge on any atom is 0.345 e. The number of benzene rings is 1. The predicted octanol–water partition coefficient (Wildman–Crippen LogP) is 5.17. The van der Waals surface area contributed by atoms with Crippen LogP contribution in [-0.2, 0) is 12.8 Å². The van der Waals surface area contributed by atoms with Gasteiger partial charge in [0.25, 0.3) is 0 Å². The summed E-state index contributed by atoms with van der Waals surface area (Å²) >= 11 is 3.76. The third-order valence-electron chi connectivity index (χ3n) is 5.58. The fraction of sp³-hybridized carbons (Fsp3) is 0.222. The number of thiophene rings is 2. The first-order valence-electron chi connectivity index (χ1n) is 11.4. The number of thioether (sulfide) groups is 1. The fourth-order valence-electron chi connectivity index (χ4n) is 3.71. The zero-order valence-corrected chi connectivity index (χ0v) is 22.1. The number of carboxylic acid groups (broad SMARTS) is 1. The molecule has 4 rings (SSSR count). The third-order valence-corrected chi connectivity index (χ3v) is 8.13. The number of hydrazine groups is 1. The SMILES string of the molecule is N#Cc1cscc1C#Cc1cccc(CC(O)CCN2C=CSC(=O)N2CCc2ccc(C(=O)O)s2)c1. The topological polar surface area (TPSA) is 105 Å². The Kier molecular flexibility index (Phi) is 9.04. The Hall–Kier alpha value is -3.54. The van der Waals surface area contributed by atoms with Crippen molar-refractivity contribution in [2.45, 2.75) is 25.4 Å². The summed E-state index contributed by atoms with van der Waals surface area (Å²) < 4.78 is 0. The summed E-state index contributed by atoms with van der Waals surface area (Å²) in [6.07, 6.45) is 2.67. The van der Waals surface area contributed by atoms with E-state index in [1.807, 2.05) is 40.9 Å². The zero-order chi connectivity index (χ0) is 26.2. The number of carbonyl (C=O) groups is 2. The molecule has 0 spiro atoms. The monoisotopic (exact) mass is 549 g/mol. The molecule has 1 aliphatic rings. The van der Waals surface area contributed by atoms with Crippen LogP contribution in [0.15, 0.2) is 58.8 Å². The molecule has 3 heterocycles. The van der Waals surface area contributed by atoms with E-state index < -0.39 is 12.1 Å². The number of hydrogen-bond donors (Lipinski definition) is 2. The van der Waals surface area contributed by atoms with Crippen LogP contribution < -0.4 is 0 Å². The Morgan fingerprint density at radius 1 is 1.11 bits per heavy atom. The molecular weight excluding hydrogens is 527 g/mol. The molecule has 0 aliphatic carbocycles. The van der Waals surface area contributed by atoms with Crippen molar-refractivity contribution in [2.75, 3.05) is 13.1 Å². The molecule has 1 unspecified atom stereocenters. The minimum absolute atomic E-state index is 0.108. The highest BCUT2D eigenvalue weighted by Crippen LogP contribution is 2.23. The average molecular weight is 550 g/mol. The van der Waals surface area contributed by atoms with Crippen molar-refractivity contribution < 1.29 is 19.8 Å². The van der Waals surface area contributed by atoms with Gasteiger partial charge >= 0.3 is 11.2 Å². The number of hydrogen-bond acceptors (Lipinski definition) is 8. The van der Waals surface area contributed by atoms with Crippen LogP contribution in [0.25, 0.3) is 0 Å². The lowest BCUT2D eigenvalue weighted by molar-refractivity contribution is 0.0548. The van der Waals surface area contributed by atoms with E-state index in [1.54, 1.807) is 27.9 Å². The van der Waals surface area contributed by atoms with Gasteiger partial charge in [0.15, 0.2) is 0 Å². The first-order valence-corrected chi connectivity index (χ1v) is 14.1. The second-order valence-corrected chi connectivity index (χ2v) is 11.0. The van der Waals surface area contributed by atoms with Gasteiger partial charge in [0.05, 0.1) is 17.2 Å². The van der Waals surface area contributed by atoms with Crippen LogP contribution in [0.5, 0.6) is 0 Å². The molecule has 10 heteroatoms. The maximum atomic E-state index is 12.5. The summed E-state index contributed by atoms with van der Waals surface area (Å²) in [4.78, 5) is 24.8. The Morgan fingerprint density at radius 3 is 2.73 bits per heavy atom. The molecule has 7 nitrogen and oxygen atoms in total. The summed E-state index contributed by atoms with van der Waals surface area (Å²) in [6.45, 7) is 0.883. The number of carboxylic acids is 1. The highest BCUT2D eigenvalue weighted by atomic mass is 32.2. The van der Waals surface area contributed by atoms with Gasteiger partial charge in [0.2, 0.25) is 0 Å². The Labute approximate surface area is 227 Å². The van der Waals surface area contributed by atoms with E-state index in [1.165, 1.54) is 22.7 Å². The van der Waals surface area contributed by atoms with Crippen LogP contribution >= 0.6 is 34.4 Å². The van der Waals surface area contributed by atoms with Crippen LogP contribution in [-0.4, -0.2) is 50.6 Å². The van der Waals surface area contributed by atoms with E-state index in [-0.39, 0.29) is 10.1 Å². The molecule has 2 N–H and O–H groups in total. The van der Waals surface area contributed by atoms with Crippen LogP contribution in [0.3, 0.4) is 0 Å². The number of rotatable bonds is 9. The lowest BCUT2D eigenvalue weighted by Gasteiger charge is -2.36. The Morgan fingerprint density at radius 2 is 1.95 bits per heavy atom. The molecule has 0 radical (unpaired) electrons. The van der Waals surface area contributed by atoms with Crippen molar-refractivity contribution in [3.63, 3.8) is 0 Å². The molecule has 1 atom stereocenters. The molecule has 0 fully saturated rings. The minimum atomic E-state index is -0.951. The summed E-state index contributed by atoms with van der Waals surface area (Å²) in [6, 6.07) is 13.2. The first-order chi connectivity index (χ1) is 17.9. The molecule has 2 aromatic heterocycles. The second kappa shape index (κ2) is 12.6. The molecule has 0 bridgehead atoms. The number of aliphatic hydroxyl groups is 1. The van der Waals surface area contributed by atoms with E-state index in [4.69, 9.17) is 10.4 Å². The molecule has 37 heavy (non-hydrogen) atoms. The third kappa shape index (κ3) is 7.25. The number of amides is 1. The summed E-state index contributed by atoms with van der Waals surface area (Å²) in [5.74, 6) is 5.18. The van der Waals surface area contributed by atoms with Crippen LogP contribution in [0.2, 0.25) is 0 Å². The van der Waals surface area contributed by atoms with Gasteiger partial charge in [0.1, 0.15) is 10.9 Å². The zero-order valence-electron chi connectivity index (χ0n) is 19.7. The van der Waals surface area contributed by atoms with E-state index in [9.17, 15) is 14.7 Å². The van der Waals surface area contributed by atoms with Crippen molar-refractivity contribution in [2.24, 2.45) is 0 Å². The molecule has 1 amide bonds. The van der Waals surface area contributed by atoms with Crippen LogP contribution in [0.1, 0.15) is 43.2 Å². The second-order valence-electron chi connectivity index (χ2n) is 8.18. The highest BCUT2D eigenvalue weighted by molar-refractivity contribution is 8.16. The van der Waals surface area contributed by atoms with E-state index in [0.29, 0.717) is 43.5 Å². The fourth-order valence-corrected chi connectivity index (χ4v) is 5.89. The van der Waals surface area contributed by atoms with Gasteiger partial charge in [-0.15, -0.1) is 22.7 Å². The van der Waals surface area contributed by atoms with Gasteiger partial charge in [-0.3, -0.25) is 9.80 Å². The lowest BCUT2D eigenvalue weighted by atomic mass is 10.0. The van der Waals surface area contributed by atoms with E-state index in [2.05, 4.69) is 17.9 Å². The first kappa shape index (κ1) is 26.5. The Balaban J connectivity index is 1.32. The van der Waals surface area contributed by atoms with E-state index >= 15 is 0 Å². The van der Waals surface area contributed by atoms with Gasteiger partial charge < -0.3 is 10.2 Å². The summed E-state index contributed by atoms with van der Waals surface area (Å²) in [5, 5.41) is 37.6. The smallest absolute Gasteiger partial charge is 0.345 e. The number of aliphatic hydroxyl groups excluding tert-OH is 1. The maximum absolute atomic E-state index is 12.5. The van der Waals surface area contributed by atoms with Crippen molar-refractivity contribution in [3.05, 3.63) is 90.8 Å². The Bertz CT molecular complexity index is 1410. The molecule has 188 valence electrons. The number of aromatic carboxylic acids is 1. The van der Waals surface area contributed by atoms with E-state index in [0.717, 1.165) is 27.8 Å². The van der Waals surface area contributed by atoms with Crippen molar-refractivity contribution >= 4 is 45.6 Å². The highest BCUT2D eigenvalue weighted by Gasteiger charge is 2.23. The standard InChI is InChI=1S/C27H23N3O4S3/c28-16-22-18-35-17-21(22)5-4-19-2-1-3-20(14-19)15-23(31)8-10-29-12-13-36-27(34)30(29)11-9-24-6-7-25(37-24)26(32)33/h1-3,6-7,12-14,17-18,23,31H,8-11,15H2,(H,32,33). The molecule has 0 saturated carbocycles. The lowest BCUT2D eigenvalue weighted by Crippen LogP contribution is -2.45. The van der Waals surface area contributed by atoms with Gasteiger partial charge in [-0.1, -0.05) is 24.0 Å². The van der Waals surface area contributed by atoms with Gasteiger partial charge in [-0.05, 0) is 59.8 Å². The predicted molar refractivity (Wildman–Crippen MR) is 146 cm³/mol. The van der Waals surface area contributed by atoms with Gasteiger partial charge in [-0.25, -0.2) is 9.80 Å². The largest absolute Gasteiger partial charge is 0.477 e. The number of nitrogens with zero attached hydrogens (tertiary/aromatic N) is 3. The molecule has 1 aromatic carbocycles. The van der Waals surface area contributed by atoms with Crippen LogP contribution in [0, 0.1) is 23.2 Å². The average Bonchev–Trinajstić information content (AvgIpc) is 3.55.